The van der Waals surface area contributed by atoms with Crippen LogP contribution in [0.1, 0.15) is 16.1 Å². The van der Waals surface area contributed by atoms with Crippen LogP contribution in [0, 0.1) is 6.92 Å². The molecule has 0 aliphatic carbocycles. The zero-order valence-corrected chi connectivity index (χ0v) is 13.2. The monoisotopic (exact) mass is 337 g/mol. The Morgan fingerprint density at radius 2 is 1.95 bits per heavy atom. The first-order valence-electron chi connectivity index (χ1n) is 6.41. The Hall–Kier alpha value is -2.11. The van der Waals surface area contributed by atoms with Crippen molar-refractivity contribution in [2.75, 3.05) is 11.9 Å². The SMILES string of the molecule is Cc1ccc(NC(=O)CNC(=O)c2cc(Cl)ccn2)cc1Cl. The first kappa shape index (κ1) is 16.3. The van der Waals surface area contributed by atoms with E-state index in [-0.39, 0.29) is 18.1 Å². The number of hydrogen-bond acceptors (Lipinski definition) is 3. The molecule has 0 radical (unpaired) electrons. The second kappa shape index (κ2) is 7.24. The van der Waals surface area contributed by atoms with Gasteiger partial charge in [0, 0.05) is 21.9 Å². The van der Waals surface area contributed by atoms with E-state index < -0.39 is 5.91 Å². The molecule has 0 saturated carbocycles. The Morgan fingerprint density at radius 1 is 1.18 bits per heavy atom. The van der Waals surface area contributed by atoms with Crippen LogP contribution >= 0.6 is 23.2 Å². The molecule has 22 heavy (non-hydrogen) atoms. The number of halogens is 2. The minimum Gasteiger partial charge on any atom is -0.342 e. The molecule has 0 unspecified atom stereocenters. The number of carbonyl (C=O) groups excluding carboxylic acids is 2. The number of nitrogens with one attached hydrogen (secondary N) is 2. The second-order valence-corrected chi connectivity index (χ2v) is 5.40. The highest BCUT2D eigenvalue weighted by atomic mass is 35.5. The molecular weight excluding hydrogens is 325 g/mol. The predicted octanol–water partition coefficient (Wildman–Crippen LogP) is 3.07. The van der Waals surface area contributed by atoms with Crippen LogP contribution in [-0.2, 0) is 4.79 Å². The fourth-order valence-corrected chi connectivity index (χ4v) is 2.00. The minimum absolute atomic E-state index is 0.152. The quantitative estimate of drug-likeness (QED) is 0.900. The molecule has 2 amide bonds. The minimum atomic E-state index is -0.473. The number of aromatic nitrogens is 1. The molecule has 0 aliphatic heterocycles. The summed E-state index contributed by atoms with van der Waals surface area (Å²) in [4.78, 5) is 27.5. The lowest BCUT2D eigenvalue weighted by molar-refractivity contribution is -0.115. The number of carbonyl (C=O) groups is 2. The Morgan fingerprint density at radius 3 is 2.64 bits per heavy atom. The maximum atomic E-state index is 11.8. The number of pyridine rings is 1. The van der Waals surface area contributed by atoms with E-state index in [1.165, 1.54) is 12.3 Å². The standard InChI is InChI=1S/C15H13Cl2N3O2/c1-9-2-3-11(7-12(9)17)20-14(21)8-19-15(22)13-6-10(16)4-5-18-13/h2-7H,8H2,1H3,(H,19,22)(H,20,21). The normalized spacial score (nSPS) is 10.1. The first-order valence-corrected chi connectivity index (χ1v) is 7.17. The fraction of sp³-hybridized carbons (Fsp3) is 0.133. The molecule has 1 heterocycles. The van der Waals surface area contributed by atoms with Crippen molar-refractivity contribution >= 4 is 40.7 Å². The van der Waals surface area contributed by atoms with Gasteiger partial charge in [-0.05, 0) is 36.8 Å². The zero-order valence-electron chi connectivity index (χ0n) is 11.7. The lowest BCUT2D eigenvalue weighted by atomic mass is 10.2. The highest BCUT2D eigenvalue weighted by Gasteiger charge is 2.10. The largest absolute Gasteiger partial charge is 0.342 e. The van der Waals surface area contributed by atoms with E-state index in [2.05, 4.69) is 15.6 Å². The second-order valence-electron chi connectivity index (χ2n) is 4.55. The van der Waals surface area contributed by atoms with Crippen molar-refractivity contribution in [3.05, 3.63) is 57.8 Å². The number of benzene rings is 1. The van der Waals surface area contributed by atoms with E-state index in [1.54, 1.807) is 24.3 Å². The number of amides is 2. The van der Waals surface area contributed by atoms with Crippen LogP contribution in [0.25, 0.3) is 0 Å². The summed E-state index contributed by atoms with van der Waals surface area (Å²) in [6.07, 6.45) is 1.42. The summed E-state index contributed by atoms with van der Waals surface area (Å²) < 4.78 is 0. The van der Waals surface area contributed by atoms with Crippen molar-refractivity contribution < 1.29 is 9.59 Å². The van der Waals surface area contributed by atoms with Gasteiger partial charge in [0.05, 0.1) is 6.54 Å². The summed E-state index contributed by atoms with van der Waals surface area (Å²) in [7, 11) is 0. The molecule has 1 aromatic carbocycles. The molecule has 0 atom stereocenters. The summed E-state index contributed by atoms with van der Waals surface area (Å²) in [5, 5.41) is 6.07. The summed E-state index contributed by atoms with van der Waals surface area (Å²) in [6, 6.07) is 8.17. The van der Waals surface area contributed by atoms with Crippen LogP contribution < -0.4 is 10.6 Å². The highest BCUT2D eigenvalue weighted by Crippen LogP contribution is 2.19. The summed E-state index contributed by atoms with van der Waals surface area (Å²) in [5.41, 5.74) is 1.63. The van der Waals surface area contributed by atoms with E-state index in [0.29, 0.717) is 15.7 Å². The molecule has 7 heteroatoms. The molecule has 114 valence electrons. The lowest BCUT2D eigenvalue weighted by Crippen LogP contribution is -2.33. The molecule has 0 fully saturated rings. The van der Waals surface area contributed by atoms with Gasteiger partial charge in [-0.2, -0.15) is 0 Å². The van der Waals surface area contributed by atoms with Gasteiger partial charge >= 0.3 is 0 Å². The van der Waals surface area contributed by atoms with E-state index in [4.69, 9.17) is 23.2 Å². The van der Waals surface area contributed by atoms with Gasteiger partial charge in [0.2, 0.25) is 5.91 Å². The predicted molar refractivity (Wildman–Crippen MR) is 86.4 cm³/mol. The Bertz CT molecular complexity index is 720. The van der Waals surface area contributed by atoms with Gasteiger partial charge in [0.15, 0.2) is 0 Å². The van der Waals surface area contributed by atoms with E-state index in [1.807, 2.05) is 6.92 Å². The third-order valence-corrected chi connectivity index (χ3v) is 3.46. The van der Waals surface area contributed by atoms with Crippen molar-refractivity contribution in [3.63, 3.8) is 0 Å². The number of anilines is 1. The van der Waals surface area contributed by atoms with Crippen molar-refractivity contribution in [3.8, 4) is 0 Å². The van der Waals surface area contributed by atoms with Crippen LogP contribution in [-0.4, -0.2) is 23.3 Å². The van der Waals surface area contributed by atoms with Crippen molar-refractivity contribution in [1.29, 1.82) is 0 Å². The highest BCUT2D eigenvalue weighted by molar-refractivity contribution is 6.31. The van der Waals surface area contributed by atoms with Crippen LogP contribution in [0.2, 0.25) is 10.0 Å². The van der Waals surface area contributed by atoms with Gasteiger partial charge in [-0.15, -0.1) is 0 Å². The maximum Gasteiger partial charge on any atom is 0.270 e. The molecule has 2 aromatic rings. The molecule has 0 saturated heterocycles. The van der Waals surface area contributed by atoms with Gasteiger partial charge in [0.25, 0.3) is 5.91 Å². The number of nitrogens with zero attached hydrogens (tertiary/aromatic N) is 1. The molecule has 0 spiro atoms. The first-order chi connectivity index (χ1) is 10.5. The lowest BCUT2D eigenvalue weighted by Gasteiger charge is -2.08. The van der Waals surface area contributed by atoms with Gasteiger partial charge in [-0.3, -0.25) is 14.6 Å². The third kappa shape index (κ3) is 4.44. The van der Waals surface area contributed by atoms with Crippen molar-refractivity contribution in [2.45, 2.75) is 6.92 Å². The molecule has 2 rings (SSSR count). The number of aryl methyl sites for hydroxylation is 1. The summed E-state index contributed by atoms with van der Waals surface area (Å²) >= 11 is 11.8. The van der Waals surface area contributed by atoms with Gasteiger partial charge < -0.3 is 10.6 Å². The van der Waals surface area contributed by atoms with Crippen LogP contribution in [0.3, 0.4) is 0 Å². The smallest absolute Gasteiger partial charge is 0.270 e. The molecule has 1 aromatic heterocycles. The molecule has 5 nitrogen and oxygen atoms in total. The summed E-state index contributed by atoms with van der Waals surface area (Å²) in [6.45, 7) is 1.69. The summed E-state index contributed by atoms with van der Waals surface area (Å²) in [5.74, 6) is -0.838. The van der Waals surface area contributed by atoms with Crippen molar-refractivity contribution in [1.82, 2.24) is 10.3 Å². The average molecular weight is 338 g/mol. The van der Waals surface area contributed by atoms with Crippen LogP contribution in [0.15, 0.2) is 36.5 Å². The molecular formula is C15H13Cl2N3O2. The topological polar surface area (TPSA) is 71.1 Å². The average Bonchev–Trinajstić information content (AvgIpc) is 2.48. The Kier molecular flexibility index (Phi) is 5.35. The van der Waals surface area contributed by atoms with Crippen molar-refractivity contribution in [2.24, 2.45) is 0 Å². The number of rotatable bonds is 4. The van der Waals surface area contributed by atoms with E-state index >= 15 is 0 Å². The molecule has 0 aliphatic rings. The molecule has 2 N–H and O–H groups in total. The van der Waals surface area contributed by atoms with Gasteiger partial charge in [0.1, 0.15) is 5.69 Å². The maximum absolute atomic E-state index is 11.8. The fourth-order valence-electron chi connectivity index (χ4n) is 1.66. The van der Waals surface area contributed by atoms with E-state index in [0.717, 1.165) is 5.56 Å². The van der Waals surface area contributed by atoms with Crippen LogP contribution in [0.4, 0.5) is 5.69 Å². The Labute approximate surface area is 137 Å². The number of hydrogen-bond donors (Lipinski definition) is 2. The van der Waals surface area contributed by atoms with Crippen LogP contribution in [0.5, 0.6) is 0 Å². The zero-order chi connectivity index (χ0) is 16.1. The Balaban J connectivity index is 1.90. The van der Waals surface area contributed by atoms with Gasteiger partial charge in [-0.1, -0.05) is 29.3 Å². The molecule has 0 bridgehead atoms. The van der Waals surface area contributed by atoms with E-state index in [9.17, 15) is 9.59 Å². The van der Waals surface area contributed by atoms with Gasteiger partial charge in [-0.25, -0.2) is 0 Å². The third-order valence-electron chi connectivity index (χ3n) is 2.82.